The summed E-state index contributed by atoms with van der Waals surface area (Å²) in [4.78, 5) is 37.1. The molecule has 0 spiro atoms. The maximum absolute atomic E-state index is 12.3. The van der Waals surface area contributed by atoms with Crippen molar-refractivity contribution in [1.29, 1.82) is 0 Å². The van der Waals surface area contributed by atoms with E-state index in [1.165, 1.54) is 30.0 Å². The summed E-state index contributed by atoms with van der Waals surface area (Å²) in [7, 11) is 0. The minimum Gasteiger partial charge on any atom is -0.506 e. The molecule has 7 nitrogen and oxygen atoms in total. The van der Waals surface area contributed by atoms with E-state index in [2.05, 4.69) is 10.6 Å². The minimum absolute atomic E-state index is 0.0857. The standard InChI is InChI=1S/C19H17ClN2O5S/c1-2-27-19(26)10-3-5-12(14(23)7-10)21-17(24)9-16-18(25)22-13-8-11(20)4-6-15(13)28-16/h3-8,16,23H,2,9H2,1H3,(H,21,24)(H,22,25)/t16-/m0/s1. The molecule has 0 aliphatic carbocycles. The van der Waals surface area contributed by atoms with Gasteiger partial charge in [0.2, 0.25) is 11.8 Å². The second-order valence-electron chi connectivity index (χ2n) is 5.94. The molecule has 1 aliphatic heterocycles. The number of ether oxygens (including phenoxy) is 1. The van der Waals surface area contributed by atoms with Crippen LogP contribution in [-0.4, -0.2) is 34.7 Å². The van der Waals surface area contributed by atoms with Crippen LogP contribution in [0.25, 0.3) is 0 Å². The summed E-state index contributed by atoms with van der Waals surface area (Å²) in [5.74, 6) is -1.56. The number of amides is 2. The molecule has 28 heavy (non-hydrogen) atoms. The van der Waals surface area contributed by atoms with E-state index in [-0.39, 0.29) is 35.9 Å². The van der Waals surface area contributed by atoms with Crippen LogP contribution in [0.4, 0.5) is 11.4 Å². The van der Waals surface area contributed by atoms with Gasteiger partial charge in [-0.25, -0.2) is 4.79 Å². The zero-order chi connectivity index (χ0) is 20.3. The van der Waals surface area contributed by atoms with Crippen LogP contribution >= 0.6 is 23.4 Å². The van der Waals surface area contributed by atoms with E-state index < -0.39 is 17.1 Å². The molecule has 9 heteroatoms. The maximum Gasteiger partial charge on any atom is 0.338 e. The van der Waals surface area contributed by atoms with E-state index in [1.54, 1.807) is 25.1 Å². The van der Waals surface area contributed by atoms with E-state index in [1.807, 2.05) is 0 Å². The third kappa shape index (κ3) is 4.58. The lowest BCUT2D eigenvalue weighted by molar-refractivity contribution is -0.120. The first kappa shape index (κ1) is 20.0. The van der Waals surface area contributed by atoms with Gasteiger partial charge in [-0.1, -0.05) is 11.6 Å². The number of aromatic hydroxyl groups is 1. The average molecular weight is 421 g/mol. The van der Waals surface area contributed by atoms with Crippen molar-refractivity contribution < 1.29 is 24.2 Å². The Balaban J connectivity index is 1.65. The first-order valence-electron chi connectivity index (χ1n) is 8.44. The molecular formula is C19H17ClN2O5S. The van der Waals surface area contributed by atoms with Crippen molar-refractivity contribution >= 4 is 52.5 Å². The number of phenols is 1. The van der Waals surface area contributed by atoms with Crippen molar-refractivity contribution in [2.24, 2.45) is 0 Å². The number of fused-ring (bicyclic) bond motifs is 1. The first-order chi connectivity index (χ1) is 13.4. The summed E-state index contributed by atoms with van der Waals surface area (Å²) < 4.78 is 4.86. The number of rotatable bonds is 5. The number of thioether (sulfide) groups is 1. The van der Waals surface area contributed by atoms with Crippen molar-refractivity contribution in [1.82, 2.24) is 0 Å². The molecule has 0 aromatic heterocycles. The summed E-state index contributed by atoms with van der Waals surface area (Å²) in [6, 6.07) is 9.22. The lowest BCUT2D eigenvalue weighted by atomic mass is 10.1. The summed E-state index contributed by atoms with van der Waals surface area (Å²) in [6.45, 7) is 1.90. The third-order valence-corrected chi connectivity index (χ3v) is 5.43. The van der Waals surface area contributed by atoms with Crippen LogP contribution in [0.1, 0.15) is 23.7 Å². The van der Waals surface area contributed by atoms with E-state index in [0.29, 0.717) is 10.7 Å². The smallest absolute Gasteiger partial charge is 0.338 e. The van der Waals surface area contributed by atoms with Gasteiger partial charge in [0.1, 0.15) is 5.75 Å². The summed E-state index contributed by atoms with van der Waals surface area (Å²) in [6.07, 6.45) is -0.0857. The number of carbonyl (C=O) groups is 3. The van der Waals surface area contributed by atoms with Gasteiger partial charge in [0, 0.05) is 16.3 Å². The zero-order valence-electron chi connectivity index (χ0n) is 14.8. The Kier molecular flexibility index (Phi) is 6.11. The summed E-state index contributed by atoms with van der Waals surface area (Å²) in [5.41, 5.74) is 0.938. The van der Waals surface area contributed by atoms with Gasteiger partial charge in [0.25, 0.3) is 0 Å². The zero-order valence-corrected chi connectivity index (χ0v) is 16.4. The third-order valence-electron chi connectivity index (χ3n) is 3.91. The fourth-order valence-corrected chi connectivity index (χ4v) is 3.87. The van der Waals surface area contributed by atoms with E-state index >= 15 is 0 Å². The van der Waals surface area contributed by atoms with Gasteiger partial charge < -0.3 is 20.5 Å². The minimum atomic E-state index is -0.616. The highest BCUT2D eigenvalue weighted by atomic mass is 35.5. The van der Waals surface area contributed by atoms with Gasteiger partial charge in [-0.3, -0.25) is 9.59 Å². The van der Waals surface area contributed by atoms with Crippen LogP contribution in [0.3, 0.4) is 0 Å². The van der Waals surface area contributed by atoms with E-state index in [9.17, 15) is 19.5 Å². The maximum atomic E-state index is 12.3. The highest BCUT2D eigenvalue weighted by Gasteiger charge is 2.29. The predicted molar refractivity (Wildman–Crippen MR) is 107 cm³/mol. The number of benzene rings is 2. The summed E-state index contributed by atoms with van der Waals surface area (Å²) >= 11 is 7.19. The Hall–Kier alpha value is -2.71. The number of halogens is 1. The Bertz CT molecular complexity index is 950. The van der Waals surface area contributed by atoms with Crippen LogP contribution in [0.15, 0.2) is 41.3 Å². The van der Waals surface area contributed by atoms with Crippen LogP contribution in [0.5, 0.6) is 5.75 Å². The molecule has 2 aromatic carbocycles. The molecule has 0 fully saturated rings. The number of nitrogens with one attached hydrogen (secondary N) is 2. The molecule has 0 radical (unpaired) electrons. The first-order valence-corrected chi connectivity index (χ1v) is 9.70. The fourth-order valence-electron chi connectivity index (χ4n) is 2.61. The lowest BCUT2D eigenvalue weighted by Crippen LogP contribution is -2.32. The van der Waals surface area contributed by atoms with Crippen molar-refractivity contribution in [2.45, 2.75) is 23.5 Å². The van der Waals surface area contributed by atoms with Crippen LogP contribution < -0.4 is 10.6 Å². The monoisotopic (exact) mass is 420 g/mol. The number of hydrogen-bond donors (Lipinski definition) is 3. The van der Waals surface area contributed by atoms with Gasteiger partial charge in [-0.2, -0.15) is 0 Å². The summed E-state index contributed by atoms with van der Waals surface area (Å²) in [5, 5.41) is 15.2. The van der Waals surface area contributed by atoms with Crippen molar-refractivity contribution in [3.63, 3.8) is 0 Å². The second kappa shape index (κ2) is 8.53. The van der Waals surface area contributed by atoms with Crippen molar-refractivity contribution in [3.05, 3.63) is 47.0 Å². The van der Waals surface area contributed by atoms with E-state index in [4.69, 9.17) is 16.3 Å². The topological polar surface area (TPSA) is 105 Å². The molecule has 0 saturated heterocycles. The number of carbonyl (C=O) groups excluding carboxylic acids is 3. The van der Waals surface area contributed by atoms with Crippen LogP contribution in [0.2, 0.25) is 5.02 Å². The van der Waals surface area contributed by atoms with Gasteiger partial charge in [0.05, 0.1) is 28.8 Å². The van der Waals surface area contributed by atoms with Gasteiger partial charge in [-0.15, -0.1) is 11.8 Å². The number of anilines is 2. The molecule has 1 aliphatic rings. The Morgan fingerprint density at radius 3 is 2.79 bits per heavy atom. The quantitative estimate of drug-likeness (QED) is 0.503. The molecular weight excluding hydrogens is 404 g/mol. The molecule has 1 heterocycles. The van der Waals surface area contributed by atoms with Gasteiger partial charge >= 0.3 is 5.97 Å². The number of esters is 1. The molecule has 2 aromatic rings. The van der Waals surface area contributed by atoms with Gasteiger partial charge in [-0.05, 0) is 43.3 Å². The largest absolute Gasteiger partial charge is 0.506 e. The van der Waals surface area contributed by atoms with E-state index in [0.717, 1.165) is 4.90 Å². The van der Waals surface area contributed by atoms with Gasteiger partial charge in [0.15, 0.2) is 0 Å². The van der Waals surface area contributed by atoms with Crippen molar-refractivity contribution in [3.8, 4) is 5.75 Å². The van der Waals surface area contributed by atoms with Crippen LogP contribution in [-0.2, 0) is 14.3 Å². The SMILES string of the molecule is CCOC(=O)c1ccc(NC(=O)C[C@@H]2Sc3ccc(Cl)cc3NC2=O)c(O)c1. The second-order valence-corrected chi connectivity index (χ2v) is 7.62. The molecule has 0 saturated carbocycles. The molecule has 0 unspecified atom stereocenters. The molecule has 3 N–H and O–H groups in total. The molecule has 2 amide bonds. The number of phenolic OH excluding ortho intramolecular Hbond substituents is 1. The average Bonchev–Trinajstić information content (AvgIpc) is 2.64. The number of hydrogen-bond acceptors (Lipinski definition) is 6. The predicted octanol–water partition coefficient (Wildman–Crippen LogP) is 3.66. The highest BCUT2D eigenvalue weighted by Crippen LogP contribution is 2.38. The molecule has 1 atom stereocenters. The highest BCUT2D eigenvalue weighted by molar-refractivity contribution is 8.01. The molecule has 3 rings (SSSR count). The fraction of sp³-hybridized carbons (Fsp3) is 0.211. The lowest BCUT2D eigenvalue weighted by Gasteiger charge is -2.23. The molecule has 146 valence electrons. The Morgan fingerprint density at radius 1 is 1.29 bits per heavy atom. The van der Waals surface area contributed by atoms with Crippen LogP contribution in [0, 0.1) is 0 Å². The van der Waals surface area contributed by atoms with Crippen molar-refractivity contribution in [2.75, 3.05) is 17.2 Å². The molecule has 0 bridgehead atoms. The Labute approximate surface area is 170 Å². The Morgan fingerprint density at radius 2 is 2.07 bits per heavy atom. The normalized spacial score (nSPS) is 15.4.